The average molecular weight is 444 g/mol. The fraction of sp³-hybridized carbons (Fsp3) is 0.292. The highest BCUT2D eigenvalue weighted by molar-refractivity contribution is 6.07. The number of benzene rings is 2. The van der Waals surface area contributed by atoms with Gasteiger partial charge in [-0.2, -0.15) is 0 Å². The lowest BCUT2D eigenvalue weighted by Crippen LogP contribution is -2.53. The Morgan fingerprint density at radius 2 is 1.79 bits per heavy atom. The van der Waals surface area contributed by atoms with Crippen molar-refractivity contribution >= 4 is 34.9 Å². The maximum atomic E-state index is 13.3. The number of carbonyl (C=O) groups excluding carboxylic acids is 3. The molecule has 1 aromatic heterocycles. The van der Waals surface area contributed by atoms with Crippen molar-refractivity contribution in [3.8, 4) is 0 Å². The quantitative estimate of drug-likeness (QED) is 0.441. The first-order chi connectivity index (χ1) is 15.8. The van der Waals surface area contributed by atoms with Crippen LogP contribution in [-0.2, 0) is 24.7 Å². The number of nitrogens with zero attached hydrogens (tertiary/aromatic N) is 4. The number of hydrogen-bond donors (Lipinski definition) is 0. The van der Waals surface area contributed by atoms with Crippen LogP contribution in [0.15, 0.2) is 59.7 Å². The number of aromatic nitrogens is 2. The van der Waals surface area contributed by atoms with Crippen molar-refractivity contribution in [1.29, 1.82) is 0 Å². The first kappa shape index (κ1) is 19.7. The summed E-state index contributed by atoms with van der Waals surface area (Å²) in [6.07, 6.45) is 1.22. The lowest BCUT2D eigenvalue weighted by molar-refractivity contribution is -0.158. The molecule has 2 amide bonds. The van der Waals surface area contributed by atoms with Gasteiger partial charge >= 0.3 is 5.97 Å². The van der Waals surface area contributed by atoms with Crippen molar-refractivity contribution in [1.82, 2.24) is 14.5 Å². The molecule has 0 saturated carbocycles. The molecule has 0 aliphatic carbocycles. The Kier molecular flexibility index (Phi) is 3.74. The highest BCUT2D eigenvalue weighted by atomic mass is 16.6. The minimum absolute atomic E-state index is 0.0810. The Labute approximate surface area is 188 Å². The topological polar surface area (TPSA) is 102 Å². The van der Waals surface area contributed by atoms with E-state index in [9.17, 15) is 19.2 Å². The van der Waals surface area contributed by atoms with Crippen LogP contribution >= 0.6 is 0 Å². The number of anilines is 1. The van der Waals surface area contributed by atoms with E-state index in [-0.39, 0.29) is 17.9 Å². The van der Waals surface area contributed by atoms with Gasteiger partial charge in [0.2, 0.25) is 6.41 Å². The van der Waals surface area contributed by atoms with E-state index in [1.165, 1.54) is 15.8 Å². The van der Waals surface area contributed by atoms with Gasteiger partial charge in [-0.05, 0) is 32.0 Å². The Bertz CT molecular complexity index is 1430. The summed E-state index contributed by atoms with van der Waals surface area (Å²) in [5, 5.41) is 0.397. The second-order valence-electron chi connectivity index (χ2n) is 9.14. The Balaban J connectivity index is 1.53. The van der Waals surface area contributed by atoms with Gasteiger partial charge in [0.15, 0.2) is 11.8 Å². The number of esters is 1. The molecular formula is C24H20N4O5. The summed E-state index contributed by atoms with van der Waals surface area (Å²) in [4.78, 5) is 59.2. The summed E-state index contributed by atoms with van der Waals surface area (Å²) < 4.78 is 7.33. The van der Waals surface area contributed by atoms with E-state index in [0.717, 1.165) is 0 Å². The van der Waals surface area contributed by atoms with Gasteiger partial charge in [0.05, 0.1) is 22.9 Å². The molecule has 33 heavy (non-hydrogen) atoms. The summed E-state index contributed by atoms with van der Waals surface area (Å²) in [5.41, 5.74) is -0.983. The molecule has 4 heterocycles. The van der Waals surface area contributed by atoms with E-state index >= 15 is 0 Å². The van der Waals surface area contributed by atoms with Crippen molar-refractivity contribution in [2.24, 2.45) is 0 Å². The maximum Gasteiger partial charge on any atom is 0.330 e. The first-order valence-electron chi connectivity index (χ1n) is 10.7. The highest BCUT2D eigenvalue weighted by Crippen LogP contribution is 2.58. The molecule has 0 N–H and O–H groups in total. The summed E-state index contributed by atoms with van der Waals surface area (Å²) >= 11 is 0. The number of amides is 2. The predicted molar refractivity (Wildman–Crippen MR) is 117 cm³/mol. The number of para-hydroxylation sites is 2. The third kappa shape index (κ3) is 2.28. The summed E-state index contributed by atoms with van der Waals surface area (Å²) in [6.45, 7) is 3.34. The Morgan fingerprint density at radius 1 is 1.06 bits per heavy atom. The largest absolute Gasteiger partial charge is 0.448 e. The van der Waals surface area contributed by atoms with Crippen LogP contribution in [0.1, 0.15) is 31.9 Å². The molecule has 3 aliphatic heterocycles. The van der Waals surface area contributed by atoms with Crippen LogP contribution in [0.5, 0.6) is 0 Å². The lowest BCUT2D eigenvalue weighted by Gasteiger charge is -2.37. The minimum Gasteiger partial charge on any atom is -0.448 e. The van der Waals surface area contributed by atoms with Crippen molar-refractivity contribution in [2.75, 3.05) is 4.90 Å². The molecular weight excluding hydrogens is 424 g/mol. The highest BCUT2D eigenvalue weighted by Gasteiger charge is 2.69. The van der Waals surface area contributed by atoms with E-state index in [0.29, 0.717) is 28.6 Å². The SMILES string of the molecule is CC1(C)C(=O)N2c3ccccc3C3(CC(n4cnc5ccccc5c4=O)C(=O)O3)C2N1C=O. The first-order valence-corrected chi connectivity index (χ1v) is 10.7. The summed E-state index contributed by atoms with van der Waals surface area (Å²) in [6, 6.07) is 13.1. The number of rotatable bonds is 2. The van der Waals surface area contributed by atoms with E-state index < -0.39 is 29.3 Å². The molecule has 2 saturated heterocycles. The smallest absolute Gasteiger partial charge is 0.330 e. The molecule has 2 aromatic carbocycles. The van der Waals surface area contributed by atoms with Crippen molar-refractivity contribution in [3.05, 3.63) is 70.8 Å². The fourth-order valence-corrected chi connectivity index (χ4v) is 5.49. The van der Waals surface area contributed by atoms with Crippen LogP contribution in [-0.4, -0.2) is 44.4 Å². The van der Waals surface area contributed by atoms with E-state index in [1.54, 1.807) is 67.3 Å². The van der Waals surface area contributed by atoms with Gasteiger partial charge in [0.25, 0.3) is 11.5 Å². The monoisotopic (exact) mass is 444 g/mol. The minimum atomic E-state index is -1.30. The summed E-state index contributed by atoms with van der Waals surface area (Å²) in [5.74, 6) is -0.859. The second-order valence-corrected chi connectivity index (χ2v) is 9.14. The Morgan fingerprint density at radius 3 is 2.58 bits per heavy atom. The number of ether oxygens (including phenoxy) is 1. The van der Waals surface area contributed by atoms with Crippen molar-refractivity contribution in [3.63, 3.8) is 0 Å². The second kappa shape index (κ2) is 6.28. The Hall–Kier alpha value is -4.01. The molecule has 2 fully saturated rings. The molecule has 3 aliphatic rings. The number of fused-ring (bicyclic) bond motifs is 6. The van der Waals surface area contributed by atoms with Crippen LogP contribution < -0.4 is 10.5 Å². The van der Waals surface area contributed by atoms with Crippen LogP contribution in [0.3, 0.4) is 0 Å². The van der Waals surface area contributed by atoms with E-state index in [2.05, 4.69) is 4.98 Å². The van der Waals surface area contributed by atoms with Gasteiger partial charge in [-0.3, -0.25) is 23.9 Å². The number of carbonyl (C=O) groups is 3. The molecule has 3 unspecified atom stereocenters. The zero-order valence-electron chi connectivity index (χ0n) is 18.0. The standard InChI is InChI=1S/C24H20N4O5/c1-23(2)22(32)28-17-10-6-4-8-15(17)24(21(28)27(23)13-29)11-18(20(31)33-24)26-12-25-16-9-5-3-7-14(16)19(26)30/h3-10,12-13,18,21H,11H2,1-2H3. The molecule has 1 spiro atoms. The molecule has 6 rings (SSSR count). The van der Waals surface area contributed by atoms with Gasteiger partial charge in [-0.25, -0.2) is 9.78 Å². The van der Waals surface area contributed by atoms with Gasteiger partial charge in [-0.1, -0.05) is 30.3 Å². The molecule has 3 atom stereocenters. The molecule has 9 nitrogen and oxygen atoms in total. The lowest BCUT2D eigenvalue weighted by atomic mass is 9.87. The van der Waals surface area contributed by atoms with Gasteiger partial charge < -0.3 is 9.64 Å². The molecule has 0 bridgehead atoms. The molecule has 3 aromatic rings. The van der Waals surface area contributed by atoms with Crippen LogP contribution in [0.25, 0.3) is 10.9 Å². The van der Waals surface area contributed by atoms with Gasteiger partial charge in [0.1, 0.15) is 11.6 Å². The van der Waals surface area contributed by atoms with Crippen LogP contribution in [0.4, 0.5) is 5.69 Å². The summed E-state index contributed by atoms with van der Waals surface area (Å²) in [7, 11) is 0. The van der Waals surface area contributed by atoms with Gasteiger partial charge in [-0.15, -0.1) is 0 Å². The fourth-order valence-electron chi connectivity index (χ4n) is 5.49. The molecule has 0 radical (unpaired) electrons. The predicted octanol–water partition coefficient (Wildman–Crippen LogP) is 1.70. The van der Waals surface area contributed by atoms with Crippen LogP contribution in [0, 0.1) is 0 Å². The average Bonchev–Trinajstić information content (AvgIpc) is 3.36. The van der Waals surface area contributed by atoms with Gasteiger partial charge in [0, 0.05) is 12.0 Å². The third-order valence-electron chi connectivity index (χ3n) is 7.12. The zero-order valence-corrected chi connectivity index (χ0v) is 18.0. The normalized spacial score (nSPS) is 27.2. The maximum absolute atomic E-state index is 13.3. The molecule has 9 heteroatoms. The third-order valence-corrected chi connectivity index (χ3v) is 7.12. The van der Waals surface area contributed by atoms with Crippen molar-refractivity contribution < 1.29 is 19.1 Å². The van der Waals surface area contributed by atoms with E-state index in [1.807, 2.05) is 0 Å². The molecule has 166 valence electrons. The van der Waals surface area contributed by atoms with Crippen LogP contribution in [0.2, 0.25) is 0 Å². The van der Waals surface area contributed by atoms with Crippen molar-refractivity contribution in [2.45, 2.75) is 43.6 Å². The number of hydrogen-bond acceptors (Lipinski definition) is 6. The van der Waals surface area contributed by atoms with E-state index in [4.69, 9.17) is 4.74 Å². The zero-order chi connectivity index (χ0) is 23.1.